The van der Waals surface area contributed by atoms with Gasteiger partial charge in [0, 0.05) is 64.9 Å². The van der Waals surface area contributed by atoms with E-state index >= 15 is 0 Å². The maximum Gasteiger partial charge on any atom is 0.308 e. The molecular formula is C31H27NO10. The average molecular weight is 574 g/mol. The Morgan fingerprint density at radius 1 is 1.05 bits per heavy atom. The monoisotopic (exact) mass is 573 g/mol. The Hall–Kier alpha value is -4.34. The fraction of sp³-hybridized carbons (Fsp3) is 0.355. The summed E-state index contributed by atoms with van der Waals surface area (Å²) in [6.45, 7) is 4.51. The zero-order chi connectivity index (χ0) is 30.0. The Bertz CT molecular complexity index is 1710. The Morgan fingerprint density at radius 2 is 1.81 bits per heavy atom. The standard InChI is InChI=1S/C31H27NO10/c1-12-24(34)23-22-19(30(12)42-31-29(39)28(38)25(35)13(2)40-31)9-16-11-32-10-15(16)5-4-6-17-20(41-14(3)33)8-7-18(26(23)36)21(17)27(22)37/h7-8,11,13,25,28-29,31,34-35,38-39H,6,9-10H2,1-3H3. The second-order valence-electron chi connectivity index (χ2n) is 10.7. The van der Waals surface area contributed by atoms with E-state index in [2.05, 4.69) is 16.8 Å². The number of benzene rings is 2. The van der Waals surface area contributed by atoms with Crippen LogP contribution in [0.1, 0.15) is 62.4 Å². The van der Waals surface area contributed by atoms with E-state index in [0.29, 0.717) is 17.7 Å². The van der Waals surface area contributed by atoms with E-state index in [1.165, 1.54) is 32.9 Å². The molecule has 11 heteroatoms. The minimum Gasteiger partial charge on any atom is -0.507 e. The summed E-state index contributed by atoms with van der Waals surface area (Å²) in [5.41, 5.74) is 1.64. The van der Waals surface area contributed by atoms with Crippen LogP contribution in [0.5, 0.6) is 17.2 Å². The maximum absolute atomic E-state index is 14.4. The van der Waals surface area contributed by atoms with Crippen LogP contribution in [0.4, 0.5) is 0 Å². The molecular weight excluding hydrogens is 546 g/mol. The predicted octanol–water partition coefficient (Wildman–Crippen LogP) is 1.09. The molecule has 2 aliphatic heterocycles. The number of allylic oxidation sites excluding steroid dienone is 1. The van der Waals surface area contributed by atoms with Crippen molar-refractivity contribution in [2.24, 2.45) is 4.99 Å². The third-order valence-electron chi connectivity index (χ3n) is 8.01. The third-order valence-corrected chi connectivity index (χ3v) is 8.01. The molecule has 0 amide bonds. The number of esters is 1. The van der Waals surface area contributed by atoms with Crippen molar-refractivity contribution in [3.05, 3.63) is 62.2 Å². The summed E-state index contributed by atoms with van der Waals surface area (Å²) >= 11 is 0. The first kappa shape index (κ1) is 27.8. The fourth-order valence-corrected chi connectivity index (χ4v) is 5.82. The highest BCUT2D eigenvalue weighted by molar-refractivity contribution is 6.31. The lowest BCUT2D eigenvalue weighted by Gasteiger charge is -2.39. The molecule has 2 bridgehead atoms. The quantitative estimate of drug-likeness (QED) is 0.202. The van der Waals surface area contributed by atoms with E-state index in [0.717, 1.165) is 0 Å². The number of phenolic OH excluding ortho intramolecular Hbond substituents is 1. The highest BCUT2D eigenvalue weighted by Crippen LogP contribution is 2.46. The number of ether oxygens (including phenoxy) is 3. The van der Waals surface area contributed by atoms with Gasteiger partial charge >= 0.3 is 5.97 Å². The van der Waals surface area contributed by atoms with Crippen molar-refractivity contribution in [2.45, 2.75) is 64.3 Å². The molecule has 1 fully saturated rings. The molecule has 2 aromatic rings. The van der Waals surface area contributed by atoms with Gasteiger partial charge in [0.15, 0.2) is 11.6 Å². The molecule has 2 heterocycles. The van der Waals surface area contributed by atoms with Gasteiger partial charge in [-0.25, -0.2) is 0 Å². The van der Waals surface area contributed by atoms with E-state index in [9.17, 15) is 34.8 Å². The highest BCUT2D eigenvalue weighted by Gasteiger charge is 2.45. The van der Waals surface area contributed by atoms with Crippen LogP contribution in [0.25, 0.3) is 0 Å². The zero-order valence-electron chi connectivity index (χ0n) is 22.9. The molecule has 5 unspecified atom stereocenters. The molecule has 42 heavy (non-hydrogen) atoms. The molecule has 2 aliphatic carbocycles. The largest absolute Gasteiger partial charge is 0.507 e. The predicted molar refractivity (Wildman–Crippen MR) is 146 cm³/mol. The van der Waals surface area contributed by atoms with Gasteiger partial charge in [0.2, 0.25) is 6.29 Å². The summed E-state index contributed by atoms with van der Waals surface area (Å²) in [6.07, 6.45) is -5.40. The summed E-state index contributed by atoms with van der Waals surface area (Å²) < 4.78 is 17.1. The van der Waals surface area contributed by atoms with E-state index in [4.69, 9.17) is 14.2 Å². The van der Waals surface area contributed by atoms with Crippen molar-refractivity contribution in [3.63, 3.8) is 0 Å². The van der Waals surface area contributed by atoms with Gasteiger partial charge in [0.1, 0.15) is 35.6 Å². The second-order valence-corrected chi connectivity index (χ2v) is 10.7. The summed E-state index contributed by atoms with van der Waals surface area (Å²) in [4.78, 5) is 44.5. The lowest BCUT2D eigenvalue weighted by atomic mass is 9.76. The molecule has 0 aromatic heterocycles. The Balaban J connectivity index is 1.62. The van der Waals surface area contributed by atoms with Gasteiger partial charge in [0.05, 0.1) is 18.2 Å². The molecule has 0 radical (unpaired) electrons. The van der Waals surface area contributed by atoms with Crippen molar-refractivity contribution in [1.82, 2.24) is 0 Å². The summed E-state index contributed by atoms with van der Waals surface area (Å²) in [5, 5.41) is 42.6. The number of carbonyl (C=O) groups excluding carboxylic acids is 3. The second kappa shape index (κ2) is 10.2. The lowest BCUT2D eigenvalue weighted by molar-refractivity contribution is -0.268. The van der Waals surface area contributed by atoms with E-state index in [1.54, 1.807) is 6.21 Å². The van der Waals surface area contributed by atoms with Crippen LogP contribution in [0.15, 0.2) is 28.3 Å². The Kier molecular flexibility index (Phi) is 6.74. The number of carbonyl (C=O) groups is 3. The van der Waals surface area contributed by atoms with Crippen molar-refractivity contribution in [2.75, 3.05) is 6.54 Å². The highest BCUT2D eigenvalue weighted by atomic mass is 16.7. The van der Waals surface area contributed by atoms with Gasteiger partial charge < -0.3 is 34.6 Å². The fourth-order valence-electron chi connectivity index (χ4n) is 5.82. The molecule has 6 rings (SSSR count). The van der Waals surface area contributed by atoms with Crippen LogP contribution in [0.3, 0.4) is 0 Å². The minimum absolute atomic E-state index is 0.00629. The van der Waals surface area contributed by atoms with E-state index in [1.807, 2.05) is 0 Å². The number of aromatic hydroxyl groups is 1. The first-order valence-electron chi connectivity index (χ1n) is 13.4. The Morgan fingerprint density at radius 3 is 2.55 bits per heavy atom. The number of hydrogen-bond acceptors (Lipinski definition) is 11. The van der Waals surface area contributed by atoms with Crippen molar-refractivity contribution >= 4 is 23.8 Å². The molecule has 2 aromatic carbocycles. The number of rotatable bonds is 3. The normalized spacial score (nSPS) is 25.8. The SMILES string of the molecule is CC(=O)Oc1ccc2c3c1CC#CC1=C(C=NC1)Cc1c(OC4OC(C)C(O)C(O)C4O)c(C)c(O)c(c1C3=O)C2=O. The molecule has 4 aliphatic rings. The molecule has 4 N–H and O–H groups in total. The third kappa shape index (κ3) is 4.23. The van der Waals surface area contributed by atoms with Crippen molar-refractivity contribution < 1.29 is 49.0 Å². The first-order chi connectivity index (χ1) is 20.0. The van der Waals surface area contributed by atoms with Gasteiger partial charge in [-0.1, -0.05) is 11.8 Å². The Labute approximate surface area is 240 Å². The summed E-state index contributed by atoms with van der Waals surface area (Å²) in [5.74, 6) is 3.87. The summed E-state index contributed by atoms with van der Waals surface area (Å²) in [6, 6.07) is 2.82. The number of aliphatic imine (C=N–C) groups is 1. The van der Waals surface area contributed by atoms with Gasteiger partial charge in [-0.15, -0.1) is 0 Å². The summed E-state index contributed by atoms with van der Waals surface area (Å²) in [7, 11) is 0. The van der Waals surface area contributed by atoms with E-state index in [-0.39, 0.29) is 63.3 Å². The molecule has 0 spiro atoms. The van der Waals surface area contributed by atoms with Crippen LogP contribution in [0, 0.1) is 18.8 Å². The molecule has 216 valence electrons. The van der Waals surface area contributed by atoms with Crippen LogP contribution in [-0.4, -0.2) is 81.4 Å². The number of phenols is 1. The number of nitrogens with zero attached hydrogens (tertiary/aromatic N) is 1. The lowest BCUT2D eigenvalue weighted by Crippen LogP contribution is -2.58. The number of aliphatic hydroxyl groups excluding tert-OH is 3. The average Bonchev–Trinajstić information content (AvgIpc) is 3.38. The molecule has 1 saturated heterocycles. The van der Waals surface area contributed by atoms with Crippen molar-refractivity contribution in [3.8, 4) is 29.1 Å². The van der Waals surface area contributed by atoms with Gasteiger partial charge in [0.25, 0.3) is 0 Å². The van der Waals surface area contributed by atoms with Gasteiger partial charge in [-0.3, -0.25) is 19.4 Å². The first-order valence-corrected chi connectivity index (χ1v) is 13.4. The number of ketones is 2. The smallest absolute Gasteiger partial charge is 0.308 e. The van der Waals surface area contributed by atoms with Crippen molar-refractivity contribution in [1.29, 1.82) is 0 Å². The van der Waals surface area contributed by atoms with Crippen LogP contribution in [-0.2, 0) is 22.4 Å². The zero-order valence-corrected chi connectivity index (χ0v) is 22.9. The topological polar surface area (TPSA) is 172 Å². The number of aliphatic hydroxyl groups is 3. The van der Waals surface area contributed by atoms with Gasteiger partial charge in [-0.05, 0) is 31.6 Å². The molecule has 11 nitrogen and oxygen atoms in total. The van der Waals surface area contributed by atoms with Crippen LogP contribution < -0.4 is 9.47 Å². The minimum atomic E-state index is -1.67. The van der Waals surface area contributed by atoms with Crippen LogP contribution in [0.2, 0.25) is 0 Å². The number of hydrogen-bond donors (Lipinski definition) is 4. The molecule has 0 saturated carbocycles. The molecule has 5 atom stereocenters. The van der Waals surface area contributed by atoms with E-state index < -0.39 is 54.0 Å². The van der Waals surface area contributed by atoms with Crippen LogP contribution >= 0.6 is 0 Å². The maximum atomic E-state index is 14.4. The van der Waals surface area contributed by atoms with Gasteiger partial charge in [-0.2, -0.15) is 0 Å².